The van der Waals surface area contributed by atoms with Gasteiger partial charge in [-0.1, -0.05) is 72.8 Å². The fourth-order valence-corrected chi connectivity index (χ4v) is 3.62. The molecule has 124 valence electrons. The van der Waals surface area contributed by atoms with E-state index in [-0.39, 0.29) is 0 Å². The lowest BCUT2D eigenvalue weighted by molar-refractivity contribution is 1.55. The molecule has 1 aliphatic rings. The van der Waals surface area contributed by atoms with Gasteiger partial charge < -0.3 is 10.6 Å². The van der Waals surface area contributed by atoms with Gasteiger partial charge in [0.05, 0.1) is 11.4 Å². The first kappa shape index (κ1) is 14.8. The van der Waals surface area contributed by atoms with Gasteiger partial charge in [-0.05, 0) is 29.7 Å². The average molecular weight is 334 g/mol. The van der Waals surface area contributed by atoms with Gasteiger partial charge >= 0.3 is 0 Å². The van der Waals surface area contributed by atoms with Gasteiger partial charge in [0.15, 0.2) is 0 Å². The molecule has 0 unspecified atom stereocenters. The molecule has 2 nitrogen and oxygen atoms in total. The third-order valence-corrected chi connectivity index (χ3v) is 4.78. The lowest BCUT2D eigenvalue weighted by atomic mass is 10.0. The van der Waals surface area contributed by atoms with Crippen molar-refractivity contribution < 1.29 is 0 Å². The van der Waals surface area contributed by atoms with Crippen molar-refractivity contribution in [3.05, 3.63) is 108 Å². The van der Waals surface area contributed by atoms with Crippen molar-refractivity contribution in [2.75, 3.05) is 10.6 Å². The number of para-hydroxylation sites is 2. The molecule has 0 saturated carbocycles. The summed E-state index contributed by atoms with van der Waals surface area (Å²) in [6, 6.07) is 33.6. The van der Waals surface area contributed by atoms with Crippen molar-refractivity contribution in [3.63, 3.8) is 0 Å². The summed E-state index contributed by atoms with van der Waals surface area (Å²) < 4.78 is 0. The van der Waals surface area contributed by atoms with Gasteiger partial charge in [-0.25, -0.2) is 0 Å². The summed E-state index contributed by atoms with van der Waals surface area (Å²) >= 11 is 0. The molecule has 0 saturated heterocycles. The minimum Gasteiger partial charge on any atom is -0.353 e. The van der Waals surface area contributed by atoms with Crippen LogP contribution in [-0.4, -0.2) is 0 Å². The maximum Gasteiger partial charge on any atom is 0.0710 e. The maximum absolute atomic E-state index is 3.64. The summed E-state index contributed by atoms with van der Waals surface area (Å²) in [4.78, 5) is 0. The molecule has 0 atom stereocenters. The van der Waals surface area contributed by atoms with E-state index in [1.165, 1.54) is 21.9 Å². The van der Waals surface area contributed by atoms with Gasteiger partial charge in [0.2, 0.25) is 0 Å². The zero-order valence-electron chi connectivity index (χ0n) is 14.2. The molecule has 5 rings (SSSR count). The van der Waals surface area contributed by atoms with Crippen molar-refractivity contribution in [2.24, 2.45) is 0 Å². The van der Waals surface area contributed by atoms with Gasteiger partial charge in [0.1, 0.15) is 0 Å². The van der Waals surface area contributed by atoms with E-state index in [2.05, 4.69) is 95.6 Å². The third-order valence-electron chi connectivity index (χ3n) is 4.78. The molecule has 0 aliphatic heterocycles. The lowest BCUT2D eigenvalue weighted by Crippen LogP contribution is -2.04. The molecule has 0 radical (unpaired) electrons. The molecule has 2 heteroatoms. The molecular formula is C24H18N2. The van der Waals surface area contributed by atoms with Gasteiger partial charge in [-0.2, -0.15) is 0 Å². The van der Waals surface area contributed by atoms with E-state index >= 15 is 0 Å². The van der Waals surface area contributed by atoms with Crippen LogP contribution in [0.4, 0.5) is 11.4 Å². The Morgan fingerprint density at radius 1 is 0.423 bits per heavy atom. The van der Waals surface area contributed by atoms with Crippen LogP contribution in [0, 0.1) is 0 Å². The van der Waals surface area contributed by atoms with Gasteiger partial charge in [-0.15, -0.1) is 0 Å². The van der Waals surface area contributed by atoms with E-state index in [9.17, 15) is 0 Å². The number of hydrogen-bond donors (Lipinski definition) is 2. The Kier molecular flexibility index (Phi) is 3.46. The largest absolute Gasteiger partial charge is 0.353 e. The number of benzene rings is 4. The Hall–Kier alpha value is -3.52. The van der Waals surface area contributed by atoms with Crippen LogP contribution in [0.15, 0.2) is 97.1 Å². The van der Waals surface area contributed by atoms with Gasteiger partial charge in [0.25, 0.3) is 0 Å². The van der Waals surface area contributed by atoms with Gasteiger partial charge in [0, 0.05) is 27.9 Å². The number of hydrogen-bond acceptors (Lipinski definition) is 2. The number of anilines is 2. The second-order valence-electron chi connectivity index (χ2n) is 6.44. The molecule has 26 heavy (non-hydrogen) atoms. The van der Waals surface area contributed by atoms with E-state index < -0.39 is 0 Å². The summed E-state index contributed by atoms with van der Waals surface area (Å²) in [6.07, 6.45) is 0. The number of nitrogens with one attached hydrogen (secondary N) is 2. The minimum absolute atomic E-state index is 1.08. The van der Waals surface area contributed by atoms with Crippen molar-refractivity contribution >= 4 is 33.5 Å². The average Bonchev–Trinajstić information content (AvgIpc) is 2.99. The summed E-state index contributed by atoms with van der Waals surface area (Å²) in [5, 5.41) is 9.83. The van der Waals surface area contributed by atoms with Crippen molar-refractivity contribution in [2.45, 2.75) is 0 Å². The summed E-state index contributed by atoms with van der Waals surface area (Å²) in [6.45, 7) is 0. The minimum atomic E-state index is 1.08. The van der Waals surface area contributed by atoms with Gasteiger partial charge in [-0.3, -0.25) is 0 Å². The standard InChI is InChI=1S/C24H18N2/c1-3-11-18(12-4-1)25-23-20-15-7-9-17-10-8-16-21(22(17)20)24(23)26-19-13-5-2-6-14-19/h1-16,25-26H. The van der Waals surface area contributed by atoms with E-state index in [1.54, 1.807) is 0 Å². The molecule has 0 amide bonds. The fraction of sp³-hybridized carbons (Fsp3) is 0. The Morgan fingerprint density at radius 2 is 0.885 bits per heavy atom. The van der Waals surface area contributed by atoms with E-state index in [0.29, 0.717) is 0 Å². The van der Waals surface area contributed by atoms with Crippen LogP contribution >= 0.6 is 0 Å². The maximum atomic E-state index is 3.64. The predicted octanol–water partition coefficient (Wildman–Crippen LogP) is 6.20. The van der Waals surface area contributed by atoms with Crippen LogP contribution in [0.3, 0.4) is 0 Å². The smallest absolute Gasteiger partial charge is 0.0710 e. The monoisotopic (exact) mass is 334 g/mol. The predicted molar refractivity (Wildman–Crippen MR) is 111 cm³/mol. The van der Waals surface area contributed by atoms with E-state index in [0.717, 1.165) is 22.8 Å². The molecule has 0 aromatic heterocycles. The molecule has 1 aliphatic carbocycles. The lowest BCUT2D eigenvalue weighted by Gasteiger charge is -2.14. The summed E-state index contributed by atoms with van der Waals surface area (Å²) in [5.74, 6) is 0. The van der Waals surface area contributed by atoms with Crippen LogP contribution in [0.5, 0.6) is 0 Å². The van der Waals surface area contributed by atoms with Crippen LogP contribution < -0.4 is 10.6 Å². The van der Waals surface area contributed by atoms with E-state index in [4.69, 9.17) is 0 Å². The second-order valence-corrected chi connectivity index (χ2v) is 6.44. The molecule has 4 aromatic carbocycles. The fourth-order valence-electron chi connectivity index (χ4n) is 3.62. The molecule has 2 N–H and O–H groups in total. The quantitative estimate of drug-likeness (QED) is 0.464. The molecule has 4 aromatic rings. The highest BCUT2D eigenvalue weighted by Crippen LogP contribution is 2.42. The first-order chi connectivity index (χ1) is 12.9. The van der Waals surface area contributed by atoms with Crippen LogP contribution in [0.25, 0.3) is 22.2 Å². The Balaban J connectivity index is 1.69. The topological polar surface area (TPSA) is 24.1 Å². The summed E-state index contributed by atoms with van der Waals surface area (Å²) in [7, 11) is 0. The molecule has 0 fully saturated rings. The zero-order valence-corrected chi connectivity index (χ0v) is 14.2. The van der Waals surface area contributed by atoms with Crippen LogP contribution in [0.2, 0.25) is 0 Å². The summed E-state index contributed by atoms with van der Waals surface area (Å²) in [5.41, 5.74) is 6.87. The molecule has 0 spiro atoms. The molecule has 0 heterocycles. The Morgan fingerprint density at radius 3 is 1.35 bits per heavy atom. The van der Waals surface area contributed by atoms with Crippen LogP contribution in [-0.2, 0) is 0 Å². The first-order valence-electron chi connectivity index (χ1n) is 8.81. The third kappa shape index (κ3) is 2.44. The van der Waals surface area contributed by atoms with Crippen molar-refractivity contribution in [3.8, 4) is 0 Å². The first-order valence-corrected chi connectivity index (χ1v) is 8.81. The highest BCUT2D eigenvalue weighted by atomic mass is 15.0. The second kappa shape index (κ2) is 6.08. The highest BCUT2D eigenvalue weighted by molar-refractivity contribution is 6.17. The normalized spacial score (nSPS) is 12.5. The number of rotatable bonds is 4. The Bertz CT molecular complexity index is 1030. The van der Waals surface area contributed by atoms with E-state index in [1.807, 2.05) is 12.1 Å². The Labute approximate surface area is 152 Å². The van der Waals surface area contributed by atoms with Crippen molar-refractivity contribution in [1.82, 2.24) is 0 Å². The van der Waals surface area contributed by atoms with Crippen molar-refractivity contribution in [1.29, 1.82) is 0 Å². The highest BCUT2D eigenvalue weighted by Gasteiger charge is 2.24. The molecular weight excluding hydrogens is 316 g/mol. The molecule has 0 bridgehead atoms. The van der Waals surface area contributed by atoms with Crippen LogP contribution in [0.1, 0.15) is 11.1 Å². The SMILES string of the molecule is c1ccc(NC2=C(Nc3ccccc3)c3cccc4cccc2c34)cc1. The zero-order chi connectivity index (χ0) is 17.3.